The third kappa shape index (κ3) is 3.07. The maximum atomic E-state index is 12.8. The minimum Gasteiger partial charge on any atom is -0.481 e. The number of fused-ring (bicyclic) bond motifs is 7. The zero-order valence-electron chi connectivity index (χ0n) is 22.7. The van der Waals surface area contributed by atoms with Crippen molar-refractivity contribution in [2.75, 3.05) is 6.61 Å². The predicted molar refractivity (Wildman–Crippen MR) is 135 cm³/mol. The van der Waals surface area contributed by atoms with Crippen LogP contribution in [0.2, 0.25) is 0 Å². The van der Waals surface area contributed by atoms with Crippen LogP contribution in [-0.4, -0.2) is 45.2 Å². The first-order valence-corrected chi connectivity index (χ1v) is 14.0. The molecule has 0 amide bonds. The van der Waals surface area contributed by atoms with E-state index < -0.39 is 29.0 Å². The van der Waals surface area contributed by atoms with Crippen LogP contribution in [0.5, 0.6) is 0 Å². The van der Waals surface area contributed by atoms with Crippen LogP contribution in [-0.2, 0) is 4.79 Å². The van der Waals surface area contributed by atoms with E-state index in [1.807, 2.05) is 0 Å². The summed E-state index contributed by atoms with van der Waals surface area (Å²) in [6, 6.07) is 0. The number of carboxylic acid groups (broad SMARTS) is 1. The zero-order chi connectivity index (χ0) is 25.8. The van der Waals surface area contributed by atoms with Crippen molar-refractivity contribution in [2.45, 2.75) is 112 Å². The van der Waals surface area contributed by atoms with E-state index in [0.29, 0.717) is 18.8 Å². The van der Waals surface area contributed by atoms with Crippen molar-refractivity contribution in [3.63, 3.8) is 0 Å². The van der Waals surface area contributed by atoms with E-state index in [0.717, 1.165) is 44.9 Å². The Morgan fingerprint density at radius 2 is 1.60 bits per heavy atom. The Kier molecular flexibility index (Phi) is 5.56. The first-order valence-electron chi connectivity index (χ1n) is 14.0. The number of aliphatic hydroxyl groups excluding tert-OH is 3. The summed E-state index contributed by atoms with van der Waals surface area (Å²) in [6.07, 6.45) is 8.16. The number of rotatable bonds is 2. The number of hydrogen-bond acceptors (Lipinski definition) is 4. The molecular formula is C30H48O5. The Labute approximate surface area is 211 Å². The molecule has 0 heterocycles. The van der Waals surface area contributed by atoms with Gasteiger partial charge in [0, 0.05) is 5.41 Å². The topological polar surface area (TPSA) is 98.0 Å². The molecule has 5 heteroatoms. The molecule has 9 atom stereocenters. The van der Waals surface area contributed by atoms with Gasteiger partial charge in [-0.2, -0.15) is 0 Å². The molecule has 5 aliphatic carbocycles. The second kappa shape index (κ2) is 7.57. The molecule has 0 aromatic carbocycles. The van der Waals surface area contributed by atoms with Gasteiger partial charge in [0.05, 0.1) is 24.2 Å². The molecule has 0 saturated heterocycles. The van der Waals surface area contributed by atoms with Gasteiger partial charge in [0.15, 0.2) is 0 Å². The van der Waals surface area contributed by atoms with Crippen LogP contribution >= 0.6 is 0 Å². The summed E-state index contributed by atoms with van der Waals surface area (Å²) < 4.78 is 0. The summed E-state index contributed by atoms with van der Waals surface area (Å²) in [4.78, 5) is 12.8. The fourth-order valence-corrected chi connectivity index (χ4v) is 10.9. The lowest BCUT2D eigenvalue weighted by atomic mass is 9.33. The smallest absolute Gasteiger partial charge is 0.310 e. The predicted octanol–water partition coefficient (Wildman–Crippen LogP) is 5.18. The van der Waals surface area contributed by atoms with Crippen LogP contribution in [0.1, 0.15) is 99.3 Å². The van der Waals surface area contributed by atoms with E-state index in [1.54, 1.807) is 0 Å². The number of aliphatic hydroxyl groups is 3. The molecular weight excluding hydrogens is 440 g/mol. The molecule has 4 fully saturated rings. The Morgan fingerprint density at radius 1 is 0.943 bits per heavy atom. The number of carboxylic acids is 1. The van der Waals surface area contributed by atoms with Gasteiger partial charge in [0.2, 0.25) is 0 Å². The summed E-state index contributed by atoms with van der Waals surface area (Å²) in [5.41, 5.74) is -0.476. The highest BCUT2D eigenvalue weighted by atomic mass is 16.4. The Hall–Kier alpha value is -0.910. The van der Waals surface area contributed by atoms with Crippen LogP contribution in [0.3, 0.4) is 0 Å². The van der Waals surface area contributed by atoms with Gasteiger partial charge >= 0.3 is 5.97 Å². The Bertz CT molecular complexity index is 937. The second-order valence-electron chi connectivity index (χ2n) is 15.1. The van der Waals surface area contributed by atoms with Crippen molar-refractivity contribution in [2.24, 2.45) is 50.2 Å². The van der Waals surface area contributed by atoms with Crippen LogP contribution in [0.4, 0.5) is 0 Å². The van der Waals surface area contributed by atoms with E-state index in [1.165, 1.54) is 5.57 Å². The van der Waals surface area contributed by atoms with Crippen LogP contribution in [0, 0.1) is 50.2 Å². The van der Waals surface area contributed by atoms with Crippen molar-refractivity contribution in [1.29, 1.82) is 0 Å². The van der Waals surface area contributed by atoms with Crippen molar-refractivity contribution < 1.29 is 25.2 Å². The maximum absolute atomic E-state index is 12.8. The maximum Gasteiger partial charge on any atom is 0.310 e. The van der Waals surface area contributed by atoms with Gasteiger partial charge in [-0.3, -0.25) is 4.79 Å². The fraction of sp³-hybridized carbons (Fsp3) is 0.900. The minimum atomic E-state index is -0.741. The van der Waals surface area contributed by atoms with E-state index in [4.69, 9.17) is 0 Å². The molecule has 0 radical (unpaired) electrons. The minimum absolute atomic E-state index is 0.0248. The van der Waals surface area contributed by atoms with Gasteiger partial charge in [0.25, 0.3) is 0 Å². The summed E-state index contributed by atoms with van der Waals surface area (Å²) >= 11 is 0. The number of carbonyl (C=O) groups is 1. The van der Waals surface area contributed by atoms with E-state index in [2.05, 4.69) is 47.6 Å². The molecule has 4 N–H and O–H groups in total. The summed E-state index contributed by atoms with van der Waals surface area (Å²) in [5, 5.41) is 43.6. The number of hydrogen-bond donors (Lipinski definition) is 4. The Balaban J connectivity index is 1.64. The molecule has 5 nitrogen and oxygen atoms in total. The highest BCUT2D eigenvalue weighted by Gasteiger charge is 2.71. The average molecular weight is 489 g/mol. The van der Waals surface area contributed by atoms with E-state index in [9.17, 15) is 25.2 Å². The SMILES string of the molecule is CC1(C)CC[C@]2(C(=O)O)CC[C@]3(CO)C(=CC[C@H]4[C@@]5(C)C[C@@H](O)[C@H](O)C(C)(C)[C@@H]5CC[C@]43C)[C@H]2C1. The van der Waals surface area contributed by atoms with Gasteiger partial charge in [-0.1, -0.05) is 53.2 Å². The van der Waals surface area contributed by atoms with Gasteiger partial charge < -0.3 is 20.4 Å². The summed E-state index contributed by atoms with van der Waals surface area (Å²) in [5.74, 6) is -0.102. The van der Waals surface area contributed by atoms with Crippen molar-refractivity contribution in [3.05, 3.63) is 11.6 Å². The largest absolute Gasteiger partial charge is 0.481 e. The van der Waals surface area contributed by atoms with Crippen molar-refractivity contribution >= 4 is 5.97 Å². The molecule has 5 rings (SSSR count). The molecule has 0 spiro atoms. The molecule has 5 aliphatic rings. The standard InChI is InChI=1S/C30H48O5/c1-25(2)11-12-29(24(34)35)13-14-30(17-31)18(19(29)15-25)7-8-22-27(5)16-20(32)23(33)26(3,4)21(27)9-10-28(22,30)6/h7,19-23,31-33H,8-17H2,1-6H3,(H,34,35)/t19-,20-,21+,22+,23+,27+,28-,29+,30+/m1/s1. The first-order chi connectivity index (χ1) is 16.1. The lowest BCUT2D eigenvalue weighted by molar-refractivity contribution is -0.237. The molecule has 0 aromatic rings. The molecule has 0 aliphatic heterocycles. The molecule has 0 bridgehead atoms. The lowest BCUT2D eigenvalue weighted by Gasteiger charge is -2.71. The quantitative estimate of drug-likeness (QED) is 0.402. The highest BCUT2D eigenvalue weighted by Crippen LogP contribution is 2.75. The molecule has 0 aromatic heterocycles. The Morgan fingerprint density at radius 3 is 2.23 bits per heavy atom. The zero-order valence-corrected chi connectivity index (χ0v) is 22.7. The van der Waals surface area contributed by atoms with Gasteiger partial charge in [-0.15, -0.1) is 0 Å². The van der Waals surface area contributed by atoms with Crippen molar-refractivity contribution in [3.8, 4) is 0 Å². The van der Waals surface area contributed by atoms with Crippen LogP contribution in [0.15, 0.2) is 11.6 Å². The van der Waals surface area contributed by atoms with E-state index >= 15 is 0 Å². The van der Waals surface area contributed by atoms with Gasteiger partial charge in [-0.05, 0) is 97.2 Å². The normalized spacial score (nSPS) is 52.3. The summed E-state index contributed by atoms with van der Waals surface area (Å²) in [7, 11) is 0. The lowest BCUT2D eigenvalue weighted by Crippen LogP contribution is -2.68. The van der Waals surface area contributed by atoms with Crippen LogP contribution < -0.4 is 0 Å². The highest BCUT2D eigenvalue weighted by molar-refractivity contribution is 5.76. The number of aliphatic carboxylic acids is 1. The summed E-state index contributed by atoms with van der Waals surface area (Å²) in [6.45, 7) is 13.5. The second-order valence-corrected chi connectivity index (χ2v) is 15.1. The molecule has 35 heavy (non-hydrogen) atoms. The third-order valence-corrected chi connectivity index (χ3v) is 12.9. The third-order valence-electron chi connectivity index (χ3n) is 12.9. The van der Waals surface area contributed by atoms with Crippen molar-refractivity contribution in [1.82, 2.24) is 0 Å². The molecule has 198 valence electrons. The van der Waals surface area contributed by atoms with Gasteiger partial charge in [0.1, 0.15) is 0 Å². The fourth-order valence-electron chi connectivity index (χ4n) is 10.9. The van der Waals surface area contributed by atoms with E-state index in [-0.39, 0.29) is 40.1 Å². The molecule has 4 saturated carbocycles. The number of allylic oxidation sites excluding steroid dienone is 1. The van der Waals surface area contributed by atoms with Gasteiger partial charge in [-0.25, -0.2) is 0 Å². The first kappa shape index (κ1) is 25.7. The molecule has 0 unspecified atom stereocenters. The monoisotopic (exact) mass is 488 g/mol. The van der Waals surface area contributed by atoms with Crippen LogP contribution in [0.25, 0.3) is 0 Å². The average Bonchev–Trinajstić information content (AvgIpc) is 2.76.